The molecule has 0 aromatic heterocycles. The van der Waals surface area contributed by atoms with Crippen LogP contribution < -0.4 is 10.0 Å². The van der Waals surface area contributed by atoms with Crippen molar-refractivity contribution < 1.29 is 17.9 Å². The van der Waals surface area contributed by atoms with Crippen molar-refractivity contribution in [3.8, 4) is 0 Å². The molecule has 0 atom stereocenters. The highest BCUT2D eigenvalue weighted by Gasteiger charge is 2.04. The number of ether oxygens (including phenoxy) is 1. The minimum Gasteiger partial charge on any atom is -0.462 e. The highest BCUT2D eigenvalue weighted by molar-refractivity contribution is 7.88. The fourth-order valence-electron chi connectivity index (χ4n) is 0.966. The van der Waals surface area contributed by atoms with Crippen LogP contribution in [0.2, 0.25) is 0 Å². The van der Waals surface area contributed by atoms with E-state index in [1.165, 1.54) is 0 Å². The number of nitrogens with one attached hydrogen (secondary N) is 2. The summed E-state index contributed by atoms with van der Waals surface area (Å²) in [6, 6.07) is 0. The van der Waals surface area contributed by atoms with E-state index in [2.05, 4.69) is 10.0 Å². The van der Waals surface area contributed by atoms with Gasteiger partial charge in [-0.1, -0.05) is 0 Å². The minimum absolute atomic E-state index is 0.110. The van der Waals surface area contributed by atoms with Gasteiger partial charge >= 0.3 is 5.97 Å². The van der Waals surface area contributed by atoms with Gasteiger partial charge < -0.3 is 10.1 Å². The van der Waals surface area contributed by atoms with Crippen LogP contribution >= 0.6 is 0 Å². The maximum Gasteiger partial charge on any atom is 0.320 e. The molecule has 0 saturated heterocycles. The van der Waals surface area contributed by atoms with Crippen LogP contribution in [0.25, 0.3) is 0 Å². The second-order valence-corrected chi connectivity index (χ2v) is 5.57. The lowest BCUT2D eigenvalue weighted by Gasteiger charge is -2.08. The van der Waals surface area contributed by atoms with Crippen molar-refractivity contribution in [2.24, 2.45) is 0 Å². The van der Waals surface area contributed by atoms with E-state index in [4.69, 9.17) is 4.74 Å². The van der Waals surface area contributed by atoms with Crippen LogP contribution in [-0.2, 0) is 19.6 Å². The van der Waals surface area contributed by atoms with Gasteiger partial charge in [0, 0.05) is 6.54 Å². The van der Waals surface area contributed by atoms with Gasteiger partial charge in [0.1, 0.15) is 0 Å². The van der Waals surface area contributed by atoms with E-state index in [0.29, 0.717) is 19.5 Å². The Morgan fingerprint density at radius 1 is 1.31 bits per heavy atom. The number of carbonyl (C=O) groups excluding carboxylic acids is 1. The molecule has 0 rings (SSSR count). The second kappa shape index (κ2) is 7.59. The van der Waals surface area contributed by atoms with E-state index >= 15 is 0 Å². The van der Waals surface area contributed by atoms with Crippen molar-refractivity contribution in [2.45, 2.75) is 26.4 Å². The molecule has 0 aromatic carbocycles. The SMILES string of the molecule is CC(C)OC(=O)CNCCCNS(C)(=O)=O. The average Bonchev–Trinajstić information content (AvgIpc) is 2.07. The van der Waals surface area contributed by atoms with Gasteiger partial charge in [0.15, 0.2) is 0 Å². The molecule has 0 spiro atoms. The largest absolute Gasteiger partial charge is 0.462 e. The van der Waals surface area contributed by atoms with Crippen molar-refractivity contribution in [2.75, 3.05) is 25.9 Å². The third-order valence-electron chi connectivity index (χ3n) is 1.53. The molecule has 0 aliphatic heterocycles. The van der Waals surface area contributed by atoms with Crippen LogP contribution in [0, 0.1) is 0 Å². The first kappa shape index (κ1) is 15.3. The lowest BCUT2D eigenvalue weighted by molar-refractivity contribution is -0.146. The lowest BCUT2D eigenvalue weighted by atomic mass is 10.4. The predicted molar refractivity (Wildman–Crippen MR) is 61.6 cm³/mol. The summed E-state index contributed by atoms with van der Waals surface area (Å²) in [7, 11) is -3.11. The summed E-state index contributed by atoms with van der Waals surface area (Å²) in [4.78, 5) is 11.0. The Bertz CT molecular complexity index is 301. The normalized spacial score (nSPS) is 11.8. The Kier molecular flexibility index (Phi) is 7.27. The highest BCUT2D eigenvalue weighted by atomic mass is 32.2. The zero-order valence-corrected chi connectivity index (χ0v) is 10.8. The first-order chi connectivity index (χ1) is 7.31. The van der Waals surface area contributed by atoms with Gasteiger partial charge in [-0.05, 0) is 26.8 Å². The quantitative estimate of drug-likeness (QED) is 0.448. The predicted octanol–water partition coefficient (Wildman–Crippen LogP) is -0.533. The molecule has 0 fully saturated rings. The molecule has 0 aliphatic rings. The monoisotopic (exact) mass is 252 g/mol. The van der Waals surface area contributed by atoms with Gasteiger partial charge in [0.2, 0.25) is 10.0 Å². The third kappa shape index (κ3) is 11.4. The van der Waals surface area contributed by atoms with E-state index in [9.17, 15) is 13.2 Å². The standard InChI is InChI=1S/C9H20N2O4S/c1-8(2)15-9(12)7-10-5-4-6-11-16(3,13)14/h8,10-11H,4-7H2,1-3H3. The van der Waals surface area contributed by atoms with Gasteiger partial charge in [0.25, 0.3) is 0 Å². The summed E-state index contributed by atoms with van der Waals surface area (Å²) in [5, 5.41) is 2.87. The summed E-state index contributed by atoms with van der Waals surface area (Å²) in [5.41, 5.74) is 0. The molecule has 7 heteroatoms. The van der Waals surface area contributed by atoms with Crippen LogP contribution in [0.3, 0.4) is 0 Å². The Labute approximate surface area is 96.8 Å². The topological polar surface area (TPSA) is 84.5 Å². The van der Waals surface area contributed by atoms with Crippen LogP contribution in [0.4, 0.5) is 0 Å². The molecule has 0 bridgehead atoms. The van der Waals surface area contributed by atoms with Crippen molar-refractivity contribution in [3.63, 3.8) is 0 Å². The molecule has 0 heterocycles. The van der Waals surface area contributed by atoms with E-state index in [-0.39, 0.29) is 18.6 Å². The van der Waals surface area contributed by atoms with Gasteiger partial charge in [-0.3, -0.25) is 4.79 Å². The van der Waals surface area contributed by atoms with Gasteiger partial charge in [-0.15, -0.1) is 0 Å². The van der Waals surface area contributed by atoms with E-state index in [1.54, 1.807) is 13.8 Å². The minimum atomic E-state index is -3.11. The zero-order valence-electron chi connectivity index (χ0n) is 9.95. The van der Waals surface area contributed by atoms with E-state index < -0.39 is 10.0 Å². The van der Waals surface area contributed by atoms with Crippen LogP contribution in [0.1, 0.15) is 20.3 Å². The van der Waals surface area contributed by atoms with Crippen LogP contribution in [0.15, 0.2) is 0 Å². The molecule has 0 aliphatic carbocycles. The second-order valence-electron chi connectivity index (χ2n) is 3.74. The molecule has 0 radical (unpaired) electrons. The Morgan fingerprint density at radius 2 is 1.94 bits per heavy atom. The van der Waals surface area contributed by atoms with Crippen molar-refractivity contribution in [3.05, 3.63) is 0 Å². The Morgan fingerprint density at radius 3 is 2.44 bits per heavy atom. The molecule has 0 unspecified atom stereocenters. The van der Waals surface area contributed by atoms with Gasteiger partial charge in [-0.2, -0.15) is 0 Å². The summed E-state index contributed by atoms with van der Waals surface area (Å²) >= 11 is 0. The number of sulfonamides is 1. The smallest absolute Gasteiger partial charge is 0.320 e. The van der Waals surface area contributed by atoms with Crippen molar-refractivity contribution in [1.82, 2.24) is 10.0 Å². The lowest BCUT2D eigenvalue weighted by Crippen LogP contribution is -2.30. The maximum absolute atomic E-state index is 11.0. The van der Waals surface area contributed by atoms with Crippen molar-refractivity contribution in [1.29, 1.82) is 0 Å². The maximum atomic E-state index is 11.0. The number of carbonyl (C=O) groups is 1. The molecular formula is C9H20N2O4S. The molecule has 0 aromatic rings. The highest BCUT2D eigenvalue weighted by Crippen LogP contribution is 1.87. The van der Waals surface area contributed by atoms with Gasteiger partial charge in [0.05, 0.1) is 18.9 Å². The summed E-state index contributed by atoms with van der Waals surface area (Å²) < 4.78 is 28.6. The first-order valence-corrected chi connectivity index (χ1v) is 7.05. The van der Waals surface area contributed by atoms with Crippen molar-refractivity contribution >= 4 is 16.0 Å². The zero-order chi connectivity index (χ0) is 12.6. The first-order valence-electron chi connectivity index (χ1n) is 5.16. The molecule has 0 saturated carbocycles. The number of hydrogen-bond acceptors (Lipinski definition) is 5. The van der Waals surface area contributed by atoms with Crippen LogP contribution in [-0.4, -0.2) is 46.4 Å². The molecule has 96 valence electrons. The molecule has 16 heavy (non-hydrogen) atoms. The number of hydrogen-bond donors (Lipinski definition) is 2. The molecular weight excluding hydrogens is 232 g/mol. The number of rotatable bonds is 8. The summed E-state index contributed by atoms with van der Waals surface area (Å²) in [5.74, 6) is -0.300. The molecule has 6 nitrogen and oxygen atoms in total. The molecule has 2 N–H and O–H groups in total. The average molecular weight is 252 g/mol. The molecule has 0 amide bonds. The van der Waals surface area contributed by atoms with Crippen LogP contribution in [0.5, 0.6) is 0 Å². The summed E-state index contributed by atoms with van der Waals surface area (Å²) in [6.45, 7) is 4.65. The Hall–Kier alpha value is -0.660. The Balaban J connectivity index is 3.37. The van der Waals surface area contributed by atoms with E-state index in [1.807, 2.05) is 0 Å². The summed E-state index contributed by atoms with van der Waals surface area (Å²) in [6.07, 6.45) is 1.63. The number of esters is 1. The fourth-order valence-corrected chi connectivity index (χ4v) is 1.48. The van der Waals surface area contributed by atoms with Gasteiger partial charge in [-0.25, -0.2) is 13.1 Å². The third-order valence-corrected chi connectivity index (χ3v) is 2.26. The fraction of sp³-hybridized carbons (Fsp3) is 0.889. The van der Waals surface area contributed by atoms with E-state index in [0.717, 1.165) is 6.26 Å².